The molecule has 2 heterocycles. The molecule has 0 bridgehead atoms. The van der Waals surface area contributed by atoms with Gasteiger partial charge in [-0.2, -0.15) is 0 Å². The number of nitrogens with zero attached hydrogens (tertiary/aromatic N) is 2. The zero-order valence-electron chi connectivity index (χ0n) is 9.65. The highest BCUT2D eigenvalue weighted by atomic mass is 16.1. The van der Waals surface area contributed by atoms with Gasteiger partial charge in [-0.3, -0.25) is 4.79 Å². The van der Waals surface area contributed by atoms with Gasteiger partial charge in [-0.1, -0.05) is 6.07 Å². The molecule has 3 rings (SSSR count). The van der Waals surface area contributed by atoms with Gasteiger partial charge in [0.05, 0.1) is 17.4 Å². The molecule has 4 nitrogen and oxygen atoms in total. The summed E-state index contributed by atoms with van der Waals surface area (Å²) >= 11 is 0. The predicted octanol–water partition coefficient (Wildman–Crippen LogP) is 1.91. The molecule has 88 valence electrons. The number of aromatic amines is 1. The fourth-order valence-corrected chi connectivity index (χ4v) is 2.47. The molecule has 0 aliphatic carbocycles. The summed E-state index contributed by atoms with van der Waals surface area (Å²) in [4.78, 5) is 21.0. The lowest BCUT2D eigenvalue weighted by atomic mass is 10.1. The molecule has 0 unspecified atom stereocenters. The molecule has 1 aliphatic rings. The summed E-state index contributed by atoms with van der Waals surface area (Å²) in [6.45, 7) is 2.13. The average Bonchev–Trinajstić information content (AvgIpc) is 2.40. The van der Waals surface area contributed by atoms with E-state index in [2.05, 4.69) is 20.9 Å². The smallest absolute Gasteiger partial charge is 0.258 e. The van der Waals surface area contributed by atoms with E-state index >= 15 is 0 Å². The minimum Gasteiger partial charge on any atom is -0.370 e. The number of rotatable bonds is 1. The van der Waals surface area contributed by atoms with Gasteiger partial charge in [0, 0.05) is 13.1 Å². The monoisotopic (exact) mass is 229 g/mol. The van der Waals surface area contributed by atoms with Crippen LogP contribution in [0.15, 0.2) is 29.3 Å². The van der Waals surface area contributed by atoms with E-state index in [1.807, 2.05) is 12.1 Å². The number of anilines is 1. The van der Waals surface area contributed by atoms with Crippen molar-refractivity contribution in [2.75, 3.05) is 18.0 Å². The van der Waals surface area contributed by atoms with Crippen molar-refractivity contribution < 1.29 is 0 Å². The van der Waals surface area contributed by atoms with Crippen molar-refractivity contribution >= 4 is 16.6 Å². The first-order valence-corrected chi connectivity index (χ1v) is 6.07. The first-order valence-electron chi connectivity index (χ1n) is 6.07. The van der Waals surface area contributed by atoms with E-state index in [-0.39, 0.29) is 5.56 Å². The van der Waals surface area contributed by atoms with Gasteiger partial charge < -0.3 is 9.88 Å². The molecule has 1 fully saturated rings. The van der Waals surface area contributed by atoms with Crippen LogP contribution in [0.4, 0.5) is 5.69 Å². The minimum absolute atomic E-state index is 0.0612. The number of benzene rings is 1. The maximum absolute atomic E-state index is 11.7. The first kappa shape index (κ1) is 10.3. The third-order valence-corrected chi connectivity index (χ3v) is 3.35. The molecular formula is C13H15N3O. The highest BCUT2D eigenvalue weighted by Gasteiger charge is 2.14. The molecule has 17 heavy (non-hydrogen) atoms. The molecular weight excluding hydrogens is 214 g/mol. The van der Waals surface area contributed by atoms with Crippen molar-refractivity contribution in [1.82, 2.24) is 9.97 Å². The van der Waals surface area contributed by atoms with Crippen LogP contribution in [0, 0.1) is 0 Å². The maximum atomic E-state index is 11.7. The third kappa shape index (κ3) is 1.79. The Bertz CT molecular complexity index is 584. The Morgan fingerprint density at radius 2 is 2.00 bits per heavy atom. The first-order chi connectivity index (χ1) is 8.36. The second-order valence-corrected chi connectivity index (χ2v) is 4.45. The van der Waals surface area contributed by atoms with Crippen molar-refractivity contribution in [3.05, 3.63) is 34.9 Å². The fourth-order valence-electron chi connectivity index (χ4n) is 2.47. The molecule has 1 aliphatic heterocycles. The molecule has 1 saturated heterocycles. The Morgan fingerprint density at radius 1 is 1.18 bits per heavy atom. The number of aromatic nitrogens is 2. The molecule has 0 spiro atoms. The van der Waals surface area contributed by atoms with Gasteiger partial charge in [-0.15, -0.1) is 0 Å². The van der Waals surface area contributed by atoms with Crippen LogP contribution in [0.1, 0.15) is 19.3 Å². The Hall–Kier alpha value is -1.84. The number of piperidine rings is 1. The quantitative estimate of drug-likeness (QED) is 0.812. The lowest BCUT2D eigenvalue weighted by Crippen LogP contribution is -2.29. The highest BCUT2D eigenvalue weighted by Crippen LogP contribution is 2.25. The Balaban J connectivity index is 2.15. The Kier molecular flexibility index (Phi) is 2.55. The van der Waals surface area contributed by atoms with E-state index in [1.54, 1.807) is 0 Å². The maximum Gasteiger partial charge on any atom is 0.258 e. The van der Waals surface area contributed by atoms with Crippen LogP contribution in [0.3, 0.4) is 0 Å². The minimum atomic E-state index is -0.0612. The number of H-pyrrole nitrogens is 1. The summed E-state index contributed by atoms with van der Waals surface area (Å²) in [5.74, 6) is 0. The number of hydrogen-bond donors (Lipinski definition) is 1. The summed E-state index contributed by atoms with van der Waals surface area (Å²) in [6, 6.07) is 5.82. The third-order valence-electron chi connectivity index (χ3n) is 3.35. The molecule has 1 aromatic heterocycles. The molecule has 1 N–H and O–H groups in total. The average molecular weight is 229 g/mol. The van der Waals surface area contributed by atoms with E-state index in [9.17, 15) is 4.79 Å². The number of fused-ring (bicyclic) bond motifs is 1. The molecule has 0 saturated carbocycles. The van der Waals surface area contributed by atoms with Crippen LogP contribution in [-0.2, 0) is 0 Å². The van der Waals surface area contributed by atoms with E-state index in [4.69, 9.17) is 0 Å². The van der Waals surface area contributed by atoms with E-state index < -0.39 is 0 Å². The van der Waals surface area contributed by atoms with Crippen molar-refractivity contribution in [1.29, 1.82) is 0 Å². The highest BCUT2D eigenvalue weighted by molar-refractivity contribution is 5.90. The predicted molar refractivity (Wildman–Crippen MR) is 68.4 cm³/mol. The molecule has 0 radical (unpaired) electrons. The molecule has 1 aromatic carbocycles. The van der Waals surface area contributed by atoms with Crippen LogP contribution in [0.2, 0.25) is 0 Å². The van der Waals surface area contributed by atoms with Gasteiger partial charge >= 0.3 is 0 Å². The van der Waals surface area contributed by atoms with Crippen molar-refractivity contribution in [2.24, 2.45) is 0 Å². The molecule has 0 amide bonds. The van der Waals surface area contributed by atoms with Gasteiger partial charge in [0.15, 0.2) is 0 Å². The number of hydrogen-bond acceptors (Lipinski definition) is 3. The van der Waals surface area contributed by atoms with Gasteiger partial charge in [0.2, 0.25) is 0 Å². The lowest BCUT2D eigenvalue weighted by Gasteiger charge is -2.29. The zero-order valence-corrected chi connectivity index (χ0v) is 9.65. The van der Waals surface area contributed by atoms with Gasteiger partial charge in [-0.05, 0) is 31.4 Å². The van der Waals surface area contributed by atoms with Gasteiger partial charge in [0.1, 0.15) is 5.52 Å². The lowest BCUT2D eigenvalue weighted by molar-refractivity contribution is 0.579. The van der Waals surface area contributed by atoms with Crippen LogP contribution in [-0.4, -0.2) is 23.1 Å². The van der Waals surface area contributed by atoms with Crippen molar-refractivity contribution in [3.8, 4) is 0 Å². The fraction of sp³-hybridized carbons (Fsp3) is 0.385. The van der Waals surface area contributed by atoms with E-state index in [1.165, 1.54) is 25.6 Å². The molecule has 2 aromatic rings. The summed E-state index contributed by atoms with van der Waals surface area (Å²) in [6.07, 6.45) is 5.23. The van der Waals surface area contributed by atoms with Crippen LogP contribution >= 0.6 is 0 Å². The largest absolute Gasteiger partial charge is 0.370 e. The Morgan fingerprint density at radius 3 is 2.82 bits per heavy atom. The summed E-state index contributed by atoms with van der Waals surface area (Å²) < 4.78 is 0. The standard InChI is InChI=1S/C13H15N3O/c17-13-10-5-4-6-11(12(10)14-9-15-13)16-7-2-1-3-8-16/h4-6,9H,1-3,7-8H2,(H,14,15,17). The van der Waals surface area contributed by atoms with Crippen LogP contribution in [0.5, 0.6) is 0 Å². The summed E-state index contributed by atoms with van der Waals surface area (Å²) in [5.41, 5.74) is 1.85. The molecule has 0 atom stereocenters. The topological polar surface area (TPSA) is 49.0 Å². The number of para-hydroxylation sites is 1. The van der Waals surface area contributed by atoms with E-state index in [0.717, 1.165) is 24.3 Å². The van der Waals surface area contributed by atoms with Crippen LogP contribution < -0.4 is 10.5 Å². The second kappa shape index (κ2) is 4.20. The SMILES string of the molecule is O=c1[nH]cnc2c(N3CCCCC3)cccc12. The zero-order chi connectivity index (χ0) is 11.7. The van der Waals surface area contributed by atoms with Gasteiger partial charge in [-0.25, -0.2) is 4.98 Å². The van der Waals surface area contributed by atoms with Crippen molar-refractivity contribution in [3.63, 3.8) is 0 Å². The summed E-state index contributed by atoms with van der Waals surface area (Å²) in [5, 5.41) is 0.676. The number of nitrogens with one attached hydrogen (secondary N) is 1. The Labute approximate surface area is 99.3 Å². The molecule has 4 heteroatoms. The normalized spacial score (nSPS) is 16.4. The summed E-state index contributed by atoms with van der Waals surface area (Å²) in [7, 11) is 0. The van der Waals surface area contributed by atoms with Crippen molar-refractivity contribution in [2.45, 2.75) is 19.3 Å². The van der Waals surface area contributed by atoms with Crippen LogP contribution in [0.25, 0.3) is 10.9 Å². The second-order valence-electron chi connectivity index (χ2n) is 4.45. The van der Waals surface area contributed by atoms with Gasteiger partial charge in [0.25, 0.3) is 5.56 Å². The van der Waals surface area contributed by atoms with E-state index in [0.29, 0.717) is 5.39 Å².